The zero-order valence-corrected chi connectivity index (χ0v) is 13.7. The number of hydrogen-bond donors (Lipinski definition) is 2. The van der Waals surface area contributed by atoms with Crippen molar-refractivity contribution in [2.75, 3.05) is 11.9 Å². The van der Waals surface area contributed by atoms with Crippen LogP contribution in [-0.4, -0.2) is 28.7 Å². The molecule has 0 saturated carbocycles. The van der Waals surface area contributed by atoms with Gasteiger partial charge in [0.25, 0.3) is 0 Å². The number of carbonyl (C=O) groups excluding carboxylic acids is 1. The molecule has 0 radical (unpaired) electrons. The van der Waals surface area contributed by atoms with Gasteiger partial charge in [-0.3, -0.25) is 0 Å². The number of nitrogens with one attached hydrogen (secondary N) is 1. The summed E-state index contributed by atoms with van der Waals surface area (Å²) < 4.78 is 0. The minimum Gasteiger partial charge on any atom is -0.396 e. The number of aryl methyl sites for hydroxylation is 1. The van der Waals surface area contributed by atoms with Crippen molar-refractivity contribution in [1.29, 1.82) is 0 Å². The van der Waals surface area contributed by atoms with Crippen LogP contribution in [0, 0.1) is 6.92 Å². The summed E-state index contributed by atoms with van der Waals surface area (Å²) in [4.78, 5) is 14.5. The fourth-order valence-electron chi connectivity index (χ4n) is 2.45. The largest absolute Gasteiger partial charge is 0.396 e. The van der Waals surface area contributed by atoms with Crippen molar-refractivity contribution in [2.45, 2.75) is 32.9 Å². The van der Waals surface area contributed by atoms with Gasteiger partial charge in [-0.25, -0.2) is 4.79 Å². The summed E-state index contributed by atoms with van der Waals surface area (Å²) in [7, 11) is 0. The number of rotatable bonds is 6. The van der Waals surface area contributed by atoms with E-state index in [9.17, 15) is 9.90 Å². The minimum absolute atomic E-state index is 0.0516. The first-order valence-corrected chi connectivity index (χ1v) is 7.90. The fourth-order valence-corrected chi connectivity index (χ4v) is 2.45. The maximum absolute atomic E-state index is 12.7. The first-order chi connectivity index (χ1) is 11.1. The Labute approximate surface area is 137 Å². The lowest BCUT2D eigenvalue weighted by Gasteiger charge is -2.29. The molecule has 0 fully saturated rings. The second-order valence-corrected chi connectivity index (χ2v) is 5.72. The molecule has 2 aromatic carbocycles. The van der Waals surface area contributed by atoms with E-state index in [0.717, 1.165) is 16.8 Å². The van der Waals surface area contributed by atoms with Gasteiger partial charge in [-0.05, 0) is 37.5 Å². The van der Waals surface area contributed by atoms with Gasteiger partial charge in [0.05, 0.1) is 0 Å². The van der Waals surface area contributed by atoms with Crippen molar-refractivity contribution in [3.05, 3.63) is 65.7 Å². The normalized spacial score (nSPS) is 11.8. The van der Waals surface area contributed by atoms with Gasteiger partial charge in [0.1, 0.15) is 0 Å². The van der Waals surface area contributed by atoms with Crippen LogP contribution < -0.4 is 5.32 Å². The summed E-state index contributed by atoms with van der Waals surface area (Å²) in [6, 6.07) is 17.4. The number of aliphatic hydroxyl groups excluding tert-OH is 1. The molecule has 4 heteroatoms. The number of amides is 2. The summed E-state index contributed by atoms with van der Waals surface area (Å²) in [6.45, 7) is 4.49. The van der Waals surface area contributed by atoms with E-state index in [2.05, 4.69) is 5.32 Å². The maximum atomic E-state index is 12.7. The van der Waals surface area contributed by atoms with E-state index >= 15 is 0 Å². The Morgan fingerprint density at radius 1 is 1.13 bits per heavy atom. The standard InChI is InChI=1S/C19H24N2O2/c1-15-8-6-7-11-18(15)20-19(23)21(16(2)12-13-22)14-17-9-4-3-5-10-17/h3-11,16,22H,12-14H2,1-2H3,(H,20,23). The van der Waals surface area contributed by atoms with Crippen LogP contribution in [0.4, 0.5) is 10.5 Å². The zero-order valence-electron chi connectivity index (χ0n) is 13.7. The molecule has 23 heavy (non-hydrogen) atoms. The molecule has 2 rings (SSSR count). The third-order valence-electron chi connectivity index (χ3n) is 3.92. The van der Waals surface area contributed by atoms with Crippen LogP contribution in [0.2, 0.25) is 0 Å². The molecule has 0 aliphatic rings. The van der Waals surface area contributed by atoms with Gasteiger partial charge in [0, 0.05) is 24.9 Å². The van der Waals surface area contributed by atoms with Crippen LogP contribution in [-0.2, 0) is 6.54 Å². The van der Waals surface area contributed by atoms with Gasteiger partial charge in [-0.15, -0.1) is 0 Å². The minimum atomic E-state index is -0.149. The Bertz CT molecular complexity index is 628. The average Bonchev–Trinajstić information content (AvgIpc) is 2.56. The molecule has 122 valence electrons. The predicted octanol–water partition coefficient (Wildman–Crippen LogP) is 3.80. The fraction of sp³-hybridized carbons (Fsp3) is 0.316. The van der Waals surface area contributed by atoms with E-state index in [1.807, 2.05) is 68.4 Å². The first kappa shape index (κ1) is 17.0. The van der Waals surface area contributed by atoms with Gasteiger partial charge in [0.15, 0.2) is 0 Å². The van der Waals surface area contributed by atoms with Gasteiger partial charge < -0.3 is 15.3 Å². The van der Waals surface area contributed by atoms with Crippen LogP contribution in [0.25, 0.3) is 0 Å². The summed E-state index contributed by atoms with van der Waals surface area (Å²) in [5.74, 6) is 0. The molecule has 0 bridgehead atoms. The topological polar surface area (TPSA) is 52.6 Å². The lowest BCUT2D eigenvalue weighted by molar-refractivity contribution is 0.169. The summed E-state index contributed by atoms with van der Waals surface area (Å²) in [5.41, 5.74) is 2.90. The molecule has 1 atom stereocenters. The van der Waals surface area contributed by atoms with E-state index in [4.69, 9.17) is 0 Å². The second-order valence-electron chi connectivity index (χ2n) is 5.72. The number of urea groups is 1. The number of nitrogens with zero attached hydrogens (tertiary/aromatic N) is 1. The van der Waals surface area contributed by atoms with E-state index < -0.39 is 0 Å². The monoisotopic (exact) mass is 312 g/mol. The van der Waals surface area contributed by atoms with Crippen LogP contribution >= 0.6 is 0 Å². The van der Waals surface area contributed by atoms with Crippen LogP contribution in [0.15, 0.2) is 54.6 Å². The highest BCUT2D eigenvalue weighted by Gasteiger charge is 2.20. The van der Waals surface area contributed by atoms with Gasteiger partial charge >= 0.3 is 6.03 Å². The van der Waals surface area contributed by atoms with E-state index in [-0.39, 0.29) is 18.7 Å². The van der Waals surface area contributed by atoms with Crippen molar-refractivity contribution < 1.29 is 9.90 Å². The quantitative estimate of drug-likeness (QED) is 0.852. The van der Waals surface area contributed by atoms with Crippen LogP contribution in [0.5, 0.6) is 0 Å². The van der Waals surface area contributed by atoms with Gasteiger partial charge in [-0.2, -0.15) is 0 Å². The van der Waals surface area contributed by atoms with Crippen LogP contribution in [0.1, 0.15) is 24.5 Å². The van der Waals surface area contributed by atoms with Crippen LogP contribution in [0.3, 0.4) is 0 Å². The van der Waals surface area contributed by atoms with Crippen molar-refractivity contribution in [2.24, 2.45) is 0 Å². The number of hydrogen-bond acceptors (Lipinski definition) is 2. The average molecular weight is 312 g/mol. The second kappa shape index (κ2) is 8.34. The Balaban J connectivity index is 2.15. The SMILES string of the molecule is Cc1ccccc1NC(=O)N(Cc1ccccc1)C(C)CCO. The Morgan fingerprint density at radius 2 is 1.78 bits per heavy atom. The highest BCUT2D eigenvalue weighted by molar-refractivity contribution is 5.90. The molecule has 0 aromatic heterocycles. The molecule has 2 N–H and O–H groups in total. The summed E-state index contributed by atoms with van der Waals surface area (Å²) in [5, 5.41) is 12.2. The Morgan fingerprint density at radius 3 is 2.43 bits per heavy atom. The molecule has 0 saturated heterocycles. The van der Waals surface area contributed by atoms with Crippen molar-refractivity contribution in [1.82, 2.24) is 4.90 Å². The zero-order chi connectivity index (χ0) is 16.7. The van der Waals surface area contributed by atoms with E-state index in [1.165, 1.54) is 0 Å². The number of carbonyl (C=O) groups is 1. The molecule has 1 unspecified atom stereocenters. The molecule has 0 heterocycles. The molecular weight excluding hydrogens is 288 g/mol. The number of anilines is 1. The molecule has 2 aromatic rings. The highest BCUT2D eigenvalue weighted by Crippen LogP contribution is 2.17. The summed E-state index contributed by atoms with van der Waals surface area (Å²) >= 11 is 0. The Hall–Kier alpha value is -2.33. The highest BCUT2D eigenvalue weighted by atomic mass is 16.3. The molecule has 0 aliphatic heterocycles. The molecular formula is C19H24N2O2. The number of para-hydroxylation sites is 1. The molecule has 0 spiro atoms. The van der Waals surface area contributed by atoms with E-state index in [0.29, 0.717) is 13.0 Å². The smallest absolute Gasteiger partial charge is 0.322 e. The lowest BCUT2D eigenvalue weighted by atomic mass is 10.1. The van der Waals surface area contributed by atoms with Crippen molar-refractivity contribution >= 4 is 11.7 Å². The third kappa shape index (κ3) is 4.83. The van der Waals surface area contributed by atoms with E-state index in [1.54, 1.807) is 4.90 Å². The summed E-state index contributed by atoms with van der Waals surface area (Å²) in [6.07, 6.45) is 0.550. The third-order valence-corrected chi connectivity index (χ3v) is 3.92. The van der Waals surface area contributed by atoms with Gasteiger partial charge in [0.2, 0.25) is 0 Å². The number of aliphatic hydroxyl groups is 1. The molecule has 2 amide bonds. The predicted molar refractivity (Wildman–Crippen MR) is 93.3 cm³/mol. The van der Waals surface area contributed by atoms with Crippen molar-refractivity contribution in [3.63, 3.8) is 0 Å². The maximum Gasteiger partial charge on any atom is 0.322 e. The Kier molecular flexibility index (Phi) is 6.18. The first-order valence-electron chi connectivity index (χ1n) is 7.90. The lowest BCUT2D eigenvalue weighted by Crippen LogP contribution is -2.41. The van der Waals surface area contributed by atoms with Gasteiger partial charge in [-0.1, -0.05) is 48.5 Å². The van der Waals surface area contributed by atoms with Crippen molar-refractivity contribution in [3.8, 4) is 0 Å². The molecule has 0 aliphatic carbocycles. The molecule has 4 nitrogen and oxygen atoms in total. The number of benzene rings is 2.